The molecule has 4 heteroatoms. The number of para-hydroxylation sites is 1. The molecule has 0 aliphatic carbocycles. The van der Waals surface area contributed by atoms with Gasteiger partial charge >= 0.3 is 0 Å². The maximum atomic E-state index is 12.7. The normalized spacial score (nSPS) is 19.1. The summed E-state index contributed by atoms with van der Waals surface area (Å²) in [6.07, 6.45) is 0.952. The number of hydrogen-bond donors (Lipinski definition) is 0. The quantitative estimate of drug-likeness (QED) is 0.767. The predicted molar refractivity (Wildman–Crippen MR) is 79.3 cm³/mol. The number of carbonyl (C=O) groups is 1. The molecule has 0 N–H and O–H groups in total. The Bertz CT molecular complexity index is 479. The number of hydrogen-bond acceptors (Lipinski definition) is 1. The Morgan fingerprint density at radius 1 is 1.25 bits per heavy atom. The number of amides is 1. The average Bonchev–Trinajstić information content (AvgIpc) is 2.72. The molecule has 1 unspecified atom stereocenters. The van der Waals surface area contributed by atoms with Gasteiger partial charge in [-0.2, -0.15) is 0 Å². The van der Waals surface area contributed by atoms with Gasteiger partial charge < -0.3 is 9.38 Å². The Balaban J connectivity index is 0.00000200. The second kappa shape index (κ2) is 6.68. The van der Waals surface area contributed by atoms with Crippen molar-refractivity contribution in [3.05, 3.63) is 29.3 Å². The minimum atomic E-state index is 0. The van der Waals surface area contributed by atoms with E-state index >= 15 is 0 Å². The third-order valence-corrected chi connectivity index (χ3v) is 4.55. The molecule has 1 aromatic rings. The fraction of sp³-hybridized carbons (Fsp3) is 0.562. The largest absolute Gasteiger partial charge is 0.318 e. The molecule has 1 aromatic carbocycles. The van der Waals surface area contributed by atoms with Crippen LogP contribution >= 0.6 is 0 Å². The van der Waals surface area contributed by atoms with Crippen LogP contribution in [0.15, 0.2) is 18.2 Å². The van der Waals surface area contributed by atoms with Crippen LogP contribution in [0.1, 0.15) is 24.5 Å². The number of aryl methyl sites for hydroxylation is 2. The van der Waals surface area contributed by atoms with Crippen molar-refractivity contribution in [3.8, 4) is 0 Å². The molecule has 3 nitrogen and oxygen atoms in total. The van der Waals surface area contributed by atoms with Crippen molar-refractivity contribution >= 4 is 11.6 Å². The van der Waals surface area contributed by atoms with Crippen molar-refractivity contribution in [2.75, 3.05) is 32.1 Å². The first kappa shape index (κ1) is 17.8. The van der Waals surface area contributed by atoms with E-state index in [9.17, 15) is 4.79 Å². The molecule has 107 valence electrons. The fourth-order valence-corrected chi connectivity index (χ4v) is 2.99. The Morgan fingerprint density at radius 2 is 1.80 bits per heavy atom. The molecule has 0 saturated carbocycles. The van der Waals surface area contributed by atoms with E-state index in [-0.39, 0.29) is 44.7 Å². The predicted octanol–water partition coefficient (Wildman–Crippen LogP) is 2.50. The molecule has 1 radical (unpaired) electrons. The summed E-state index contributed by atoms with van der Waals surface area (Å²) in [6.45, 7) is 8.15. The van der Waals surface area contributed by atoms with Gasteiger partial charge in [0.15, 0.2) is 6.04 Å². The van der Waals surface area contributed by atoms with Gasteiger partial charge in [-0.25, -0.2) is 0 Å². The number of carbonyl (C=O) groups excluding carboxylic acids is 1. The minimum Gasteiger partial charge on any atom is -0.318 e. The molecule has 1 atom stereocenters. The maximum Gasteiger partial charge on any atom is 0.285 e. The first-order valence-electron chi connectivity index (χ1n) is 7.08. The van der Waals surface area contributed by atoms with Crippen LogP contribution in [0.2, 0.25) is 0 Å². The van der Waals surface area contributed by atoms with Crippen molar-refractivity contribution in [3.63, 3.8) is 0 Å². The van der Waals surface area contributed by atoms with Crippen LogP contribution in [0.25, 0.3) is 0 Å². The van der Waals surface area contributed by atoms with Crippen LogP contribution in [0.4, 0.5) is 5.69 Å². The van der Waals surface area contributed by atoms with Crippen molar-refractivity contribution in [2.24, 2.45) is 0 Å². The zero-order chi connectivity index (χ0) is 14.2. The summed E-state index contributed by atoms with van der Waals surface area (Å²) in [5, 5.41) is 0. The number of quaternary nitrogens is 1. The van der Waals surface area contributed by atoms with E-state index in [2.05, 4.69) is 53.1 Å². The second-order valence-electron chi connectivity index (χ2n) is 6.13. The molecule has 20 heavy (non-hydrogen) atoms. The molecule has 0 bridgehead atoms. The van der Waals surface area contributed by atoms with E-state index in [0.717, 1.165) is 29.7 Å². The van der Waals surface area contributed by atoms with E-state index < -0.39 is 0 Å². The molecule has 1 heterocycles. The Kier molecular flexibility index (Phi) is 5.94. The van der Waals surface area contributed by atoms with Gasteiger partial charge in [-0.15, -0.1) is 0 Å². The Labute approximate surface area is 147 Å². The van der Waals surface area contributed by atoms with Gasteiger partial charge in [0.2, 0.25) is 0 Å². The molecule has 0 spiro atoms. The van der Waals surface area contributed by atoms with Crippen molar-refractivity contribution in [1.82, 2.24) is 0 Å². The van der Waals surface area contributed by atoms with Gasteiger partial charge in [0.05, 0.1) is 20.6 Å². The first-order valence-corrected chi connectivity index (χ1v) is 7.08. The van der Waals surface area contributed by atoms with Crippen molar-refractivity contribution in [2.45, 2.75) is 33.2 Å². The summed E-state index contributed by atoms with van der Waals surface area (Å²) in [7, 11) is 4.30. The average molecular weight is 350 g/mol. The summed E-state index contributed by atoms with van der Waals surface area (Å²) in [4.78, 5) is 14.7. The van der Waals surface area contributed by atoms with Crippen LogP contribution < -0.4 is 4.90 Å². The van der Waals surface area contributed by atoms with Gasteiger partial charge in [0.25, 0.3) is 5.91 Å². The van der Waals surface area contributed by atoms with Gasteiger partial charge in [0.1, 0.15) is 0 Å². The van der Waals surface area contributed by atoms with Crippen molar-refractivity contribution in [1.29, 1.82) is 0 Å². The molecular formula is C16H25N2OY+. The number of rotatable bonds is 3. The SMILES string of the molecule is CC[N+](C)(C)C1CCN(c2c(C)cccc2C)C1=O.[Y]. The standard InChI is InChI=1S/C16H25N2O.Y/c1-6-18(4,5)14-10-11-17(16(14)19)15-12(2)8-7-9-13(15)3;/h7-9,14H,6,10-11H2,1-5H3;/q+1;. The van der Waals surface area contributed by atoms with Gasteiger partial charge in [-0.05, 0) is 31.9 Å². The monoisotopic (exact) mass is 350 g/mol. The summed E-state index contributed by atoms with van der Waals surface area (Å²) >= 11 is 0. The molecule has 0 aromatic heterocycles. The first-order chi connectivity index (χ1) is 8.88. The van der Waals surface area contributed by atoms with E-state index in [4.69, 9.17) is 0 Å². The van der Waals surface area contributed by atoms with E-state index in [0.29, 0.717) is 0 Å². The summed E-state index contributed by atoms with van der Waals surface area (Å²) in [5.74, 6) is 0.282. The van der Waals surface area contributed by atoms with Gasteiger partial charge in [0, 0.05) is 51.4 Å². The smallest absolute Gasteiger partial charge is 0.285 e. The van der Waals surface area contributed by atoms with Crippen LogP contribution in [0.3, 0.4) is 0 Å². The minimum absolute atomic E-state index is 0. The Hall–Kier alpha value is -0.246. The fourth-order valence-electron chi connectivity index (χ4n) is 2.99. The maximum absolute atomic E-state index is 12.7. The molecular weight excluding hydrogens is 325 g/mol. The topological polar surface area (TPSA) is 20.3 Å². The summed E-state index contributed by atoms with van der Waals surface area (Å²) in [5.41, 5.74) is 3.50. The Morgan fingerprint density at radius 3 is 2.30 bits per heavy atom. The number of nitrogens with zero attached hydrogens (tertiary/aromatic N) is 2. The van der Waals surface area contributed by atoms with Crippen molar-refractivity contribution < 1.29 is 42.0 Å². The molecule has 2 rings (SSSR count). The summed E-state index contributed by atoms with van der Waals surface area (Å²) in [6, 6.07) is 6.33. The number of likely N-dealkylation sites (N-methyl/N-ethyl adjacent to an activating group) is 1. The third kappa shape index (κ3) is 3.15. The van der Waals surface area contributed by atoms with Crippen LogP contribution in [0.5, 0.6) is 0 Å². The van der Waals surface area contributed by atoms with Gasteiger partial charge in [-0.3, -0.25) is 4.79 Å². The third-order valence-electron chi connectivity index (χ3n) is 4.55. The molecule has 1 aliphatic rings. The van der Waals surface area contributed by atoms with E-state index in [1.54, 1.807) is 0 Å². The molecule has 1 amide bonds. The van der Waals surface area contributed by atoms with E-state index in [1.165, 1.54) is 11.1 Å². The molecule has 1 fully saturated rings. The molecule has 1 saturated heterocycles. The van der Waals surface area contributed by atoms with E-state index in [1.807, 2.05) is 4.90 Å². The van der Waals surface area contributed by atoms with Crippen LogP contribution in [0, 0.1) is 13.8 Å². The van der Waals surface area contributed by atoms with Gasteiger partial charge in [-0.1, -0.05) is 18.2 Å². The van der Waals surface area contributed by atoms with Crippen LogP contribution in [-0.2, 0) is 37.5 Å². The zero-order valence-corrected chi connectivity index (χ0v) is 16.1. The number of benzene rings is 1. The number of anilines is 1. The van der Waals surface area contributed by atoms with Crippen LogP contribution in [-0.4, -0.2) is 43.6 Å². The zero-order valence-electron chi connectivity index (χ0n) is 13.3. The molecule has 1 aliphatic heterocycles. The second-order valence-corrected chi connectivity index (χ2v) is 6.13. The summed E-state index contributed by atoms with van der Waals surface area (Å²) < 4.78 is 0.778.